The van der Waals surface area contributed by atoms with Crippen LogP contribution in [-0.4, -0.2) is 37.7 Å². The molecule has 0 saturated carbocycles. The van der Waals surface area contributed by atoms with Crippen LogP contribution in [0.25, 0.3) is 0 Å². The van der Waals surface area contributed by atoms with E-state index in [1.54, 1.807) is 37.3 Å². The van der Waals surface area contributed by atoms with Gasteiger partial charge < -0.3 is 9.47 Å². The van der Waals surface area contributed by atoms with Gasteiger partial charge in [-0.2, -0.15) is 0 Å². The fourth-order valence-corrected chi connectivity index (χ4v) is 5.07. The number of nitrogens with one attached hydrogen (secondary N) is 2. The monoisotopic (exact) mass is 490 g/mol. The Kier molecular flexibility index (Phi) is 8.01. The maximum Gasteiger partial charge on any atom is 0.270 e. The molecule has 0 aliphatic heterocycles. The van der Waals surface area contributed by atoms with Crippen LogP contribution in [-0.2, 0) is 10.0 Å². The molecule has 0 unspecified atom stereocenters. The van der Waals surface area contributed by atoms with Crippen molar-refractivity contribution in [1.82, 2.24) is 14.9 Å². The summed E-state index contributed by atoms with van der Waals surface area (Å²) in [5.74, 6) is 0.741. The van der Waals surface area contributed by atoms with E-state index in [1.165, 1.54) is 0 Å². The van der Waals surface area contributed by atoms with Gasteiger partial charge in [-0.25, -0.2) is 13.1 Å². The third-order valence-corrected chi connectivity index (χ3v) is 7.32. The number of hydrogen-bond acceptors (Lipinski definition) is 8. The van der Waals surface area contributed by atoms with Crippen molar-refractivity contribution in [2.24, 2.45) is 0 Å². The number of carbonyl (C=O) groups excluding carboxylic acids is 1. The number of aryl methyl sites for hydroxylation is 1. The molecule has 3 aromatic rings. The number of carbonyl (C=O) groups is 1. The zero-order valence-electron chi connectivity index (χ0n) is 18.8. The molecule has 0 aliphatic rings. The highest BCUT2D eigenvalue weighted by molar-refractivity contribution is 7.91. The van der Waals surface area contributed by atoms with E-state index in [-0.39, 0.29) is 9.47 Å². The van der Waals surface area contributed by atoms with Gasteiger partial charge in [0.1, 0.15) is 0 Å². The SMILES string of the molecule is CCOc1ccc([C@@H](C)NS(=O)(=O)c2nnc(NC(=O)c3ccc(C)cc3)s2)cc1OCC. The van der Waals surface area contributed by atoms with E-state index < -0.39 is 22.0 Å². The van der Waals surface area contributed by atoms with Crippen LogP contribution in [0.2, 0.25) is 0 Å². The van der Waals surface area contributed by atoms with Crippen LogP contribution in [0.4, 0.5) is 5.13 Å². The average Bonchev–Trinajstić information content (AvgIpc) is 3.25. The van der Waals surface area contributed by atoms with Crippen LogP contribution in [0.3, 0.4) is 0 Å². The fourth-order valence-electron chi connectivity index (χ4n) is 2.93. The molecule has 2 N–H and O–H groups in total. The Morgan fingerprint density at radius 3 is 2.36 bits per heavy atom. The molecule has 0 radical (unpaired) electrons. The van der Waals surface area contributed by atoms with Crippen molar-refractivity contribution in [3.63, 3.8) is 0 Å². The highest BCUT2D eigenvalue weighted by atomic mass is 32.2. The molecule has 11 heteroatoms. The summed E-state index contributed by atoms with van der Waals surface area (Å²) in [7, 11) is -3.97. The normalized spacial score (nSPS) is 12.2. The Balaban J connectivity index is 1.71. The van der Waals surface area contributed by atoms with Gasteiger partial charge in [-0.05, 0) is 57.5 Å². The zero-order chi connectivity index (χ0) is 24.0. The molecular weight excluding hydrogens is 464 g/mol. The lowest BCUT2D eigenvalue weighted by atomic mass is 10.1. The van der Waals surface area contributed by atoms with Crippen LogP contribution in [0, 0.1) is 6.92 Å². The zero-order valence-corrected chi connectivity index (χ0v) is 20.4. The highest BCUT2D eigenvalue weighted by Crippen LogP contribution is 2.31. The van der Waals surface area contributed by atoms with Crippen LogP contribution in [0.5, 0.6) is 11.5 Å². The van der Waals surface area contributed by atoms with Crippen molar-refractivity contribution in [3.8, 4) is 11.5 Å². The van der Waals surface area contributed by atoms with E-state index in [0.717, 1.165) is 16.9 Å². The van der Waals surface area contributed by atoms with Gasteiger partial charge in [0.25, 0.3) is 15.9 Å². The Morgan fingerprint density at radius 2 is 1.70 bits per heavy atom. The number of sulfonamides is 1. The van der Waals surface area contributed by atoms with Crippen LogP contribution >= 0.6 is 11.3 Å². The second-order valence-corrected chi connectivity index (χ2v) is 9.97. The minimum Gasteiger partial charge on any atom is -0.490 e. The molecule has 2 aromatic carbocycles. The number of hydrogen-bond donors (Lipinski definition) is 2. The lowest BCUT2D eigenvalue weighted by molar-refractivity contribution is 0.102. The molecule has 1 heterocycles. The first-order valence-corrected chi connectivity index (χ1v) is 12.7. The molecule has 1 amide bonds. The number of benzene rings is 2. The minimum absolute atomic E-state index is 0.0910. The smallest absolute Gasteiger partial charge is 0.270 e. The molecule has 176 valence electrons. The predicted octanol–water partition coefficient (Wildman–Crippen LogP) is 3.94. The van der Waals surface area contributed by atoms with Gasteiger partial charge >= 0.3 is 0 Å². The summed E-state index contributed by atoms with van der Waals surface area (Å²) in [5, 5.41) is 10.2. The quantitative estimate of drug-likeness (QED) is 0.413. The third-order valence-electron chi connectivity index (χ3n) is 4.57. The molecule has 3 rings (SSSR count). The van der Waals surface area contributed by atoms with Gasteiger partial charge in [0.05, 0.1) is 13.2 Å². The molecule has 9 nitrogen and oxygen atoms in total. The minimum atomic E-state index is -3.97. The molecule has 1 atom stereocenters. The van der Waals surface area contributed by atoms with Gasteiger partial charge in [0, 0.05) is 11.6 Å². The van der Waals surface area contributed by atoms with Gasteiger partial charge in [-0.3, -0.25) is 10.1 Å². The molecule has 0 spiro atoms. The number of rotatable bonds is 10. The molecule has 33 heavy (non-hydrogen) atoms. The molecule has 1 aromatic heterocycles. The van der Waals surface area contributed by atoms with E-state index in [0.29, 0.717) is 35.8 Å². The standard InChI is InChI=1S/C22H26N4O5S2/c1-5-30-18-12-11-17(13-19(18)31-6-2)15(4)26-33(28,29)22-25-24-21(32-22)23-20(27)16-9-7-14(3)8-10-16/h7-13,15,26H,5-6H2,1-4H3,(H,23,24,27)/t15-/m1/s1. The van der Waals surface area contributed by atoms with Crippen molar-refractivity contribution < 1.29 is 22.7 Å². The Bertz CT molecular complexity index is 1210. The fraction of sp³-hybridized carbons (Fsp3) is 0.318. The topological polar surface area (TPSA) is 120 Å². The lowest BCUT2D eigenvalue weighted by Crippen LogP contribution is -2.26. The Morgan fingerprint density at radius 1 is 1.03 bits per heavy atom. The summed E-state index contributed by atoms with van der Waals surface area (Å²) in [5.41, 5.74) is 2.16. The largest absolute Gasteiger partial charge is 0.490 e. The first-order chi connectivity index (χ1) is 15.7. The number of aromatic nitrogens is 2. The van der Waals surface area contributed by atoms with E-state index in [2.05, 4.69) is 20.2 Å². The second kappa shape index (κ2) is 10.7. The number of ether oxygens (including phenoxy) is 2. The number of amides is 1. The molecular formula is C22H26N4O5S2. The first kappa shape index (κ1) is 24.6. The van der Waals surface area contributed by atoms with E-state index >= 15 is 0 Å². The summed E-state index contributed by atoms with van der Waals surface area (Å²) in [4.78, 5) is 12.3. The van der Waals surface area contributed by atoms with E-state index in [9.17, 15) is 13.2 Å². The van der Waals surface area contributed by atoms with Crippen LogP contribution in [0.15, 0.2) is 46.8 Å². The van der Waals surface area contributed by atoms with Crippen molar-refractivity contribution in [3.05, 3.63) is 59.2 Å². The predicted molar refractivity (Wildman–Crippen MR) is 127 cm³/mol. The van der Waals surface area contributed by atoms with E-state index in [4.69, 9.17) is 9.47 Å². The summed E-state index contributed by atoms with van der Waals surface area (Å²) in [6.45, 7) is 8.30. The van der Waals surface area contributed by atoms with Crippen LogP contribution < -0.4 is 19.5 Å². The Hall–Kier alpha value is -3.02. The van der Waals surface area contributed by atoms with Gasteiger partial charge in [-0.1, -0.05) is 35.1 Å². The van der Waals surface area contributed by atoms with Crippen molar-refractivity contribution in [1.29, 1.82) is 0 Å². The summed E-state index contributed by atoms with van der Waals surface area (Å²) in [6.07, 6.45) is 0. The molecule has 0 saturated heterocycles. The van der Waals surface area contributed by atoms with Crippen molar-refractivity contribution >= 4 is 32.4 Å². The maximum absolute atomic E-state index is 12.8. The third kappa shape index (κ3) is 6.28. The molecule has 0 aliphatic carbocycles. The second-order valence-electron chi connectivity index (χ2n) is 7.11. The summed E-state index contributed by atoms with van der Waals surface area (Å²) in [6, 6.07) is 11.7. The number of nitrogens with zero attached hydrogens (tertiary/aromatic N) is 2. The lowest BCUT2D eigenvalue weighted by Gasteiger charge is -2.16. The maximum atomic E-state index is 12.8. The summed E-state index contributed by atoms with van der Waals surface area (Å²) >= 11 is 0.774. The van der Waals surface area contributed by atoms with Gasteiger partial charge in [-0.15, -0.1) is 10.2 Å². The van der Waals surface area contributed by atoms with Crippen molar-refractivity contribution in [2.75, 3.05) is 18.5 Å². The van der Waals surface area contributed by atoms with Gasteiger partial charge in [0.2, 0.25) is 9.47 Å². The number of anilines is 1. The van der Waals surface area contributed by atoms with Crippen LogP contribution in [0.1, 0.15) is 48.3 Å². The van der Waals surface area contributed by atoms with E-state index in [1.807, 2.05) is 32.9 Å². The van der Waals surface area contributed by atoms with Gasteiger partial charge in [0.15, 0.2) is 11.5 Å². The Labute approximate surface area is 197 Å². The average molecular weight is 491 g/mol. The molecule has 0 fully saturated rings. The highest BCUT2D eigenvalue weighted by Gasteiger charge is 2.24. The molecule has 0 bridgehead atoms. The van der Waals surface area contributed by atoms with Crippen molar-refractivity contribution in [2.45, 2.75) is 38.1 Å². The summed E-state index contributed by atoms with van der Waals surface area (Å²) < 4.78 is 39.2. The first-order valence-electron chi connectivity index (χ1n) is 10.4.